The molecular weight excluding hydrogens is 390 g/mol. The van der Waals surface area contributed by atoms with Gasteiger partial charge >= 0.3 is 6.01 Å². The molecule has 3 rings (SSSR count). The van der Waals surface area contributed by atoms with E-state index in [1.54, 1.807) is 4.68 Å². The van der Waals surface area contributed by atoms with Crippen molar-refractivity contribution in [2.75, 3.05) is 13.2 Å². The predicted molar refractivity (Wildman–Crippen MR) is 115 cm³/mol. The van der Waals surface area contributed by atoms with E-state index >= 15 is 0 Å². The van der Waals surface area contributed by atoms with Gasteiger partial charge in [-0.2, -0.15) is 4.68 Å². The van der Waals surface area contributed by atoms with Crippen LogP contribution in [0, 0.1) is 5.92 Å². The average Bonchev–Trinajstić information content (AvgIpc) is 3.16. The Morgan fingerprint density at radius 2 is 1.86 bits per heavy atom. The van der Waals surface area contributed by atoms with E-state index in [0.29, 0.717) is 24.0 Å². The summed E-state index contributed by atoms with van der Waals surface area (Å²) in [7, 11) is 0. The van der Waals surface area contributed by atoms with Crippen LogP contribution in [0.15, 0.2) is 48.5 Å². The van der Waals surface area contributed by atoms with Crippen LogP contribution in [-0.4, -0.2) is 33.4 Å². The van der Waals surface area contributed by atoms with Crippen LogP contribution in [0.4, 0.5) is 0 Å². The Morgan fingerprint density at radius 3 is 2.59 bits per heavy atom. The number of aromatic nitrogens is 4. The molecule has 0 aliphatic rings. The Balaban J connectivity index is 0.00000300. The SMILES string of the molecule is CCOc1cc(CNCCC(C)C)ccc1Oc1nnnn1-c1ccccc1.Cl. The first kappa shape index (κ1) is 22.6. The summed E-state index contributed by atoms with van der Waals surface area (Å²) >= 11 is 0. The molecule has 0 aliphatic carbocycles. The third-order valence-corrected chi connectivity index (χ3v) is 4.18. The van der Waals surface area contributed by atoms with E-state index in [0.717, 1.165) is 30.8 Å². The van der Waals surface area contributed by atoms with Gasteiger partial charge in [-0.1, -0.05) is 43.2 Å². The van der Waals surface area contributed by atoms with Crippen molar-refractivity contribution in [1.29, 1.82) is 0 Å². The number of ether oxygens (including phenoxy) is 2. The minimum absolute atomic E-state index is 0. The highest BCUT2D eigenvalue weighted by Gasteiger charge is 2.14. The van der Waals surface area contributed by atoms with Gasteiger partial charge in [-0.15, -0.1) is 12.4 Å². The number of rotatable bonds is 10. The van der Waals surface area contributed by atoms with Gasteiger partial charge < -0.3 is 14.8 Å². The van der Waals surface area contributed by atoms with Gasteiger partial charge in [0, 0.05) is 6.54 Å². The number of tetrazole rings is 1. The van der Waals surface area contributed by atoms with Crippen molar-refractivity contribution in [1.82, 2.24) is 25.5 Å². The summed E-state index contributed by atoms with van der Waals surface area (Å²) in [6.45, 7) is 8.73. The molecule has 0 atom stereocenters. The molecule has 1 aromatic heterocycles. The van der Waals surface area contributed by atoms with E-state index in [-0.39, 0.29) is 18.4 Å². The van der Waals surface area contributed by atoms with Crippen LogP contribution >= 0.6 is 12.4 Å². The zero-order valence-electron chi connectivity index (χ0n) is 17.0. The van der Waals surface area contributed by atoms with Crippen molar-refractivity contribution < 1.29 is 9.47 Å². The van der Waals surface area contributed by atoms with Crippen molar-refractivity contribution in [3.05, 3.63) is 54.1 Å². The van der Waals surface area contributed by atoms with Crippen molar-refractivity contribution in [3.63, 3.8) is 0 Å². The number of nitrogens with zero attached hydrogens (tertiary/aromatic N) is 4. The molecule has 0 fully saturated rings. The Morgan fingerprint density at radius 1 is 1.07 bits per heavy atom. The van der Waals surface area contributed by atoms with Gasteiger partial charge in [0.15, 0.2) is 11.5 Å². The second kappa shape index (κ2) is 11.4. The first-order valence-electron chi connectivity index (χ1n) is 9.65. The molecule has 0 saturated heterocycles. The standard InChI is InChI=1S/C21H27N5O2.ClH/c1-4-27-20-14-17(15-22-13-12-16(2)3)10-11-19(20)28-21-23-24-25-26(21)18-8-6-5-7-9-18;/h5-11,14,16,22H,4,12-13,15H2,1-3H3;1H. The molecule has 0 aliphatic heterocycles. The van der Waals surface area contributed by atoms with Crippen LogP contribution in [-0.2, 0) is 6.54 Å². The first-order valence-corrected chi connectivity index (χ1v) is 9.65. The average molecular weight is 418 g/mol. The van der Waals surface area contributed by atoms with Crippen LogP contribution in [0.3, 0.4) is 0 Å². The van der Waals surface area contributed by atoms with Gasteiger partial charge in [0.05, 0.1) is 12.3 Å². The van der Waals surface area contributed by atoms with E-state index in [1.807, 2.05) is 55.5 Å². The van der Waals surface area contributed by atoms with Gasteiger partial charge in [0.25, 0.3) is 0 Å². The van der Waals surface area contributed by atoms with Gasteiger partial charge in [-0.25, -0.2) is 0 Å². The maximum Gasteiger partial charge on any atom is 0.346 e. The van der Waals surface area contributed by atoms with Crippen molar-refractivity contribution in [2.24, 2.45) is 5.92 Å². The first-order chi connectivity index (χ1) is 13.7. The fraction of sp³-hybridized carbons (Fsp3) is 0.381. The van der Waals surface area contributed by atoms with Crippen molar-refractivity contribution in [2.45, 2.75) is 33.7 Å². The fourth-order valence-corrected chi connectivity index (χ4v) is 2.71. The predicted octanol–water partition coefficient (Wildman–Crippen LogP) is 4.41. The lowest BCUT2D eigenvalue weighted by atomic mass is 10.1. The lowest BCUT2D eigenvalue weighted by Gasteiger charge is -2.13. The molecule has 156 valence electrons. The highest BCUT2D eigenvalue weighted by atomic mass is 35.5. The van der Waals surface area contributed by atoms with E-state index in [9.17, 15) is 0 Å². The highest BCUT2D eigenvalue weighted by Crippen LogP contribution is 2.32. The van der Waals surface area contributed by atoms with Gasteiger partial charge in [-0.3, -0.25) is 0 Å². The number of benzene rings is 2. The highest BCUT2D eigenvalue weighted by molar-refractivity contribution is 5.85. The maximum absolute atomic E-state index is 5.98. The largest absolute Gasteiger partial charge is 0.490 e. The Bertz CT molecular complexity index is 871. The summed E-state index contributed by atoms with van der Waals surface area (Å²) in [5, 5.41) is 15.2. The smallest absolute Gasteiger partial charge is 0.346 e. The van der Waals surface area contributed by atoms with Crippen LogP contribution in [0.1, 0.15) is 32.8 Å². The maximum atomic E-state index is 5.98. The monoisotopic (exact) mass is 417 g/mol. The van der Waals surface area contributed by atoms with Crippen molar-refractivity contribution in [3.8, 4) is 23.2 Å². The Labute approximate surface area is 177 Å². The molecule has 0 amide bonds. The number of para-hydroxylation sites is 1. The van der Waals surface area contributed by atoms with Crippen LogP contribution < -0.4 is 14.8 Å². The molecule has 29 heavy (non-hydrogen) atoms. The molecule has 3 aromatic rings. The molecule has 0 radical (unpaired) electrons. The summed E-state index contributed by atoms with van der Waals surface area (Å²) in [6.07, 6.45) is 1.15. The summed E-state index contributed by atoms with van der Waals surface area (Å²) in [4.78, 5) is 0. The fourth-order valence-electron chi connectivity index (χ4n) is 2.71. The molecule has 0 unspecified atom stereocenters. The summed E-state index contributed by atoms with van der Waals surface area (Å²) in [6, 6.07) is 15.8. The Kier molecular flexibility index (Phi) is 8.89. The van der Waals surface area contributed by atoms with E-state index < -0.39 is 0 Å². The summed E-state index contributed by atoms with van der Waals surface area (Å²) < 4.78 is 13.3. The van der Waals surface area contributed by atoms with E-state index in [2.05, 4.69) is 34.7 Å². The third-order valence-electron chi connectivity index (χ3n) is 4.18. The summed E-state index contributed by atoms with van der Waals surface area (Å²) in [5.74, 6) is 1.95. The van der Waals surface area contributed by atoms with Gasteiger partial charge in [0.1, 0.15) is 0 Å². The number of hydrogen-bond donors (Lipinski definition) is 1. The normalized spacial score (nSPS) is 10.6. The minimum atomic E-state index is 0. The topological polar surface area (TPSA) is 74.1 Å². The molecule has 7 nitrogen and oxygen atoms in total. The number of nitrogens with one attached hydrogen (secondary N) is 1. The minimum Gasteiger partial charge on any atom is -0.490 e. The number of halogens is 1. The third kappa shape index (κ3) is 6.44. The zero-order valence-corrected chi connectivity index (χ0v) is 17.9. The molecule has 0 spiro atoms. The second-order valence-corrected chi connectivity index (χ2v) is 6.88. The van der Waals surface area contributed by atoms with Crippen molar-refractivity contribution >= 4 is 12.4 Å². The van der Waals surface area contributed by atoms with Crippen LogP contribution in [0.2, 0.25) is 0 Å². The molecule has 1 heterocycles. The van der Waals surface area contributed by atoms with Crippen LogP contribution in [0.5, 0.6) is 17.5 Å². The van der Waals surface area contributed by atoms with Crippen LogP contribution in [0.25, 0.3) is 5.69 Å². The quantitative estimate of drug-likeness (QED) is 0.492. The lowest BCUT2D eigenvalue weighted by molar-refractivity contribution is 0.315. The summed E-state index contributed by atoms with van der Waals surface area (Å²) in [5.41, 5.74) is 1.97. The second-order valence-electron chi connectivity index (χ2n) is 6.88. The zero-order chi connectivity index (χ0) is 19.8. The molecular formula is C21H28ClN5O2. The molecule has 0 saturated carbocycles. The number of hydrogen-bond acceptors (Lipinski definition) is 6. The molecule has 1 N–H and O–H groups in total. The lowest BCUT2D eigenvalue weighted by Crippen LogP contribution is -2.16. The van der Waals surface area contributed by atoms with Gasteiger partial charge in [-0.05, 0) is 66.1 Å². The molecule has 0 bridgehead atoms. The molecule has 2 aromatic carbocycles. The molecule has 8 heteroatoms. The van der Waals surface area contributed by atoms with E-state index in [4.69, 9.17) is 9.47 Å². The van der Waals surface area contributed by atoms with E-state index in [1.165, 1.54) is 0 Å². The Hall–Kier alpha value is -2.64. The van der Waals surface area contributed by atoms with Gasteiger partial charge in [0.2, 0.25) is 0 Å².